The number of carbonyl (C=O) groups is 1. The molecule has 1 atom stereocenters. The summed E-state index contributed by atoms with van der Waals surface area (Å²) < 4.78 is 18.1. The van der Waals surface area contributed by atoms with Crippen LogP contribution in [0.2, 0.25) is 0 Å². The molecule has 1 heterocycles. The molecular weight excluding hydrogens is 325 g/mol. The fourth-order valence-electron chi connectivity index (χ4n) is 3.00. The van der Waals surface area contributed by atoms with Gasteiger partial charge in [0.2, 0.25) is 5.91 Å². The maximum absolute atomic E-state index is 12.9. The molecule has 1 saturated heterocycles. The van der Waals surface area contributed by atoms with E-state index in [1.54, 1.807) is 19.2 Å². The summed E-state index contributed by atoms with van der Waals surface area (Å²) in [4.78, 5) is 15.5. The number of methoxy groups -OCH3 is 1. The van der Waals surface area contributed by atoms with Gasteiger partial charge in [0.05, 0.1) is 18.9 Å². The van der Waals surface area contributed by atoms with Crippen molar-refractivity contribution in [2.75, 3.05) is 19.4 Å². The molecular formula is C19H20FNO2S. The molecule has 24 heavy (non-hydrogen) atoms. The minimum Gasteiger partial charge on any atom is -0.497 e. The molecule has 1 unspecified atom stereocenters. The zero-order valence-electron chi connectivity index (χ0n) is 13.6. The molecule has 1 fully saturated rings. The van der Waals surface area contributed by atoms with Gasteiger partial charge in [0.1, 0.15) is 11.6 Å². The fraction of sp³-hybridized carbons (Fsp3) is 0.316. The van der Waals surface area contributed by atoms with Gasteiger partial charge in [-0.3, -0.25) is 4.79 Å². The zero-order valence-corrected chi connectivity index (χ0v) is 14.4. The van der Waals surface area contributed by atoms with Crippen LogP contribution in [0.25, 0.3) is 0 Å². The lowest BCUT2D eigenvalue weighted by atomic mass is 10.0. The Labute approximate surface area is 145 Å². The topological polar surface area (TPSA) is 29.5 Å². The van der Waals surface area contributed by atoms with Crippen LogP contribution >= 0.6 is 11.8 Å². The second-order valence-corrected chi connectivity index (χ2v) is 6.81. The van der Waals surface area contributed by atoms with Crippen molar-refractivity contribution in [3.05, 3.63) is 59.9 Å². The molecule has 0 saturated carbocycles. The van der Waals surface area contributed by atoms with Crippen LogP contribution in [0.4, 0.5) is 4.39 Å². The molecule has 2 aromatic rings. The van der Waals surface area contributed by atoms with Crippen molar-refractivity contribution >= 4 is 17.7 Å². The SMILES string of the molecule is COc1ccc(C2CCCN2C(=O)CSc2ccc(F)cc2)cc1. The Morgan fingerprint density at radius 2 is 1.92 bits per heavy atom. The number of likely N-dealkylation sites (tertiary alicyclic amines) is 1. The number of amides is 1. The van der Waals surface area contributed by atoms with Crippen molar-refractivity contribution < 1.29 is 13.9 Å². The summed E-state index contributed by atoms with van der Waals surface area (Å²) in [6.45, 7) is 0.791. The van der Waals surface area contributed by atoms with E-state index in [9.17, 15) is 9.18 Å². The van der Waals surface area contributed by atoms with E-state index in [1.165, 1.54) is 23.9 Å². The summed E-state index contributed by atoms with van der Waals surface area (Å²) in [6.07, 6.45) is 2.00. The Kier molecular flexibility index (Phi) is 5.41. The first kappa shape index (κ1) is 16.8. The van der Waals surface area contributed by atoms with E-state index in [-0.39, 0.29) is 17.8 Å². The summed E-state index contributed by atoms with van der Waals surface area (Å²) in [5, 5.41) is 0. The molecule has 3 nitrogen and oxygen atoms in total. The van der Waals surface area contributed by atoms with Crippen molar-refractivity contribution in [3.63, 3.8) is 0 Å². The van der Waals surface area contributed by atoms with E-state index in [0.717, 1.165) is 35.6 Å². The van der Waals surface area contributed by atoms with Crippen molar-refractivity contribution in [2.45, 2.75) is 23.8 Å². The van der Waals surface area contributed by atoms with Crippen LogP contribution in [0.3, 0.4) is 0 Å². The summed E-state index contributed by atoms with van der Waals surface area (Å²) in [5.74, 6) is 1.06. The molecule has 126 valence electrons. The number of thioether (sulfide) groups is 1. The van der Waals surface area contributed by atoms with E-state index >= 15 is 0 Å². The lowest BCUT2D eigenvalue weighted by Crippen LogP contribution is -2.31. The van der Waals surface area contributed by atoms with Crippen LogP contribution in [0.15, 0.2) is 53.4 Å². The number of hydrogen-bond acceptors (Lipinski definition) is 3. The van der Waals surface area contributed by atoms with Crippen LogP contribution in [0.1, 0.15) is 24.4 Å². The largest absolute Gasteiger partial charge is 0.497 e. The standard InChI is InChI=1S/C19H20FNO2S/c1-23-16-8-4-14(5-9-16)18-3-2-12-21(18)19(22)13-24-17-10-6-15(20)7-11-17/h4-11,18H,2-3,12-13H2,1H3. The molecule has 1 amide bonds. The first-order chi connectivity index (χ1) is 11.7. The third-order valence-electron chi connectivity index (χ3n) is 4.25. The second-order valence-electron chi connectivity index (χ2n) is 5.76. The molecule has 1 aliphatic rings. The van der Waals surface area contributed by atoms with Gasteiger partial charge in [0, 0.05) is 11.4 Å². The summed E-state index contributed by atoms with van der Waals surface area (Å²) in [6, 6.07) is 14.3. The van der Waals surface area contributed by atoms with Crippen LogP contribution in [0.5, 0.6) is 5.75 Å². The second kappa shape index (κ2) is 7.71. The maximum Gasteiger partial charge on any atom is 0.233 e. The molecule has 1 aliphatic heterocycles. The molecule has 0 aliphatic carbocycles. The van der Waals surface area contributed by atoms with E-state index in [2.05, 4.69) is 0 Å². The first-order valence-electron chi connectivity index (χ1n) is 7.99. The van der Waals surface area contributed by atoms with Gasteiger partial charge < -0.3 is 9.64 Å². The van der Waals surface area contributed by atoms with Gasteiger partial charge in [0.25, 0.3) is 0 Å². The van der Waals surface area contributed by atoms with Crippen LogP contribution in [-0.2, 0) is 4.79 Å². The molecule has 0 N–H and O–H groups in total. The summed E-state index contributed by atoms with van der Waals surface area (Å²) in [5.41, 5.74) is 1.15. The third kappa shape index (κ3) is 3.90. The Hall–Kier alpha value is -2.01. The normalized spacial score (nSPS) is 17.1. The van der Waals surface area contributed by atoms with E-state index in [1.807, 2.05) is 29.2 Å². The first-order valence-corrected chi connectivity index (χ1v) is 8.98. The van der Waals surface area contributed by atoms with Crippen molar-refractivity contribution in [1.29, 1.82) is 0 Å². The van der Waals surface area contributed by atoms with Gasteiger partial charge in [0.15, 0.2) is 0 Å². The Morgan fingerprint density at radius 1 is 1.21 bits per heavy atom. The van der Waals surface area contributed by atoms with Crippen LogP contribution in [0, 0.1) is 5.82 Å². The highest BCUT2D eigenvalue weighted by atomic mass is 32.2. The molecule has 2 aromatic carbocycles. The molecule has 0 spiro atoms. The third-order valence-corrected chi connectivity index (χ3v) is 5.25. The Morgan fingerprint density at radius 3 is 2.58 bits per heavy atom. The van der Waals surface area contributed by atoms with E-state index < -0.39 is 0 Å². The average molecular weight is 345 g/mol. The number of benzene rings is 2. The van der Waals surface area contributed by atoms with Crippen molar-refractivity contribution in [1.82, 2.24) is 4.90 Å². The van der Waals surface area contributed by atoms with Crippen LogP contribution < -0.4 is 4.74 Å². The number of ether oxygens (including phenoxy) is 1. The van der Waals surface area contributed by atoms with E-state index in [0.29, 0.717) is 5.75 Å². The monoisotopic (exact) mass is 345 g/mol. The van der Waals surface area contributed by atoms with Crippen molar-refractivity contribution in [2.24, 2.45) is 0 Å². The number of rotatable bonds is 5. The molecule has 0 bridgehead atoms. The Bertz CT molecular complexity index is 688. The number of hydrogen-bond donors (Lipinski definition) is 0. The Balaban J connectivity index is 1.63. The quantitative estimate of drug-likeness (QED) is 0.757. The molecule has 3 rings (SSSR count). The lowest BCUT2D eigenvalue weighted by Gasteiger charge is -2.25. The van der Waals surface area contributed by atoms with E-state index in [4.69, 9.17) is 4.74 Å². The highest BCUT2D eigenvalue weighted by molar-refractivity contribution is 8.00. The van der Waals surface area contributed by atoms with Gasteiger partial charge in [-0.2, -0.15) is 0 Å². The smallest absolute Gasteiger partial charge is 0.233 e. The van der Waals surface area contributed by atoms with Crippen molar-refractivity contribution in [3.8, 4) is 5.75 Å². The maximum atomic E-state index is 12.9. The zero-order chi connectivity index (χ0) is 16.9. The summed E-state index contributed by atoms with van der Waals surface area (Å²) in [7, 11) is 1.65. The lowest BCUT2D eigenvalue weighted by molar-refractivity contribution is -0.129. The van der Waals surface area contributed by atoms with Crippen LogP contribution in [-0.4, -0.2) is 30.2 Å². The van der Waals surface area contributed by atoms with Gasteiger partial charge >= 0.3 is 0 Å². The van der Waals surface area contributed by atoms with Gasteiger partial charge in [-0.25, -0.2) is 4.39 Å². The predicted octanol–water partition coefficient (Wildman–Crippen LogP) is 4.29. The minimum atomic E-state index is -0.259. The predicted molar refractivity (Wildman–Crippen MR) is 93.8 cm³/mol. The van der Waals surface area contributed by atoms with Gasteiger partial charge in [-0.1, -0.05) is 12.1 Å². The average Bonchev–Trinajstić information content (AvgIpc) is 3.11. The highest BCUT2D eigenvalue weighted by Crippen LogP contribution is 2.33. The molecule has 0 radical (unpaired) electrons. The molecule has 5 heteroatoms. The number of halogens is 1. The minimum absolute atomic E-state index is 0.127. The van der Waals surface area contributed by atoms with Gasteiger partial charge in [-0.05, 0) is 54.8 Å². The fourth-order valence-corrected chi connectivity index (χ4v) is 3.78. The highest BCUT2D eigenvalue weighted by Gasteiger charge is 2.29. The molecule has 0 aromatic heterocycles. The number of carbonyl (C=O) groups excluding carboxylic acids is 1. The van der Waals surface area contributed by atoms with Gasteiger partial charge in [-0.15, -0.1) is 11.8 Å². The summed E-state index contributed by atoms with van der Waals surface area (Å²) >= 11 is 1.45. The number of nitrogens with zero attached hydrogens (tertiary/aromatic N) is 1.